The second kappa shape index (κ2) is 10.4. The molecule has 0 bridgehead atoms. The first-order valence-corrected chi connectivity index (χ1v) is 12.9. The number of amides is 1. The SMILES string of the molecule is Cc1ccn2c(CC3CN(C(=O)OC(C)(C)C)CCO3)c(-c3c(F)cc(-c4ncc(C(F)(F)F)[nH]4)cc3F)nc2c1. The lowest BCUT2D eigenvalue weighted by Crippen LogP contribution is -2.48. The van der Waals surface area contributed by atoms with Gasteiger partial charge in [-0.25, -0.2) is 23.5 Å². The van der Waals surface area contributed by atoms with E-state index >= 15 is 8.78 Å². The third kappa shape index (κ3) is 6.04. The molecule has 0 spiro atoms. The van der Waals surface area contributed by atoms with E-state index in [2.05, 4.69) is 15.0 Å². The van der Waals surface area contributed by atoms with Gasteiger partial charge in [-0.2, -0.15) is 13.2 Å². The second-order valence-corrected chi connectivity index (χ2v) is 10.9. The van der Waals surface area contributed by atoms with Crippen LogP contribution in [0.2, 0.25) is 0 Å². The van der Waals surface area contributed by atoms with Gasteiger partial charge in [0.2, 0.25) is 0 Å². The number of halogens is 5. The van der Waals surface area contributed by atoms with E-state index in [4.69, 9.17) is 9.47 Å². The molecule has 1 unspecified atom stereocenters. The number of nitrogens with one attached hydrogen (secondary N) is 1. The van der Waals surface area contributed by atoms with Gasteiger partial charge in [0.1, 0.15) is 34.4 Å². The van der Waals surface area contributed by atoms with Crippen molar-refractivity contribution in [2.45, 2.75) is 52.0 Å². The minimum atomic E-state index is -4.69. The highest BCUT2D eigenvalue weighted by Crippen LogP contribution is 2.35. The number of imidazole rings is 2. The second-order valence-electron chi connectivity index (χ2n) is 10.9. The summed E-state index contributed by atoms with van der Waals surface area (Å²) in [7, 11) is 0. The van der Waals surface area contributed by atoms with Gasteiger partial charge in [-0.1, -0.05) is 0 Å². The maximum absolute atomic E-state index is 15.6. The van der Waals surface area contributed by atoms with Crippen LogP contribution < -0.4 is 0 Å². The van der Waals surface area contributed by atoms with Crippen LogP contribution in [-0.2, 0) is 22.1 Å². The molecule has 3 aromatic heterocycles. The van der Waals surface area contributed by atoms with Crippen molar-refractivity contribution in [3.05, 3.63) is 65.2 Å². The number of hydrogen-bond donors (Lipinski definition) is 1. The summed E-state index contributed by atoms with van der Waals surface area (Å²) in [6, 6.07) is 5.41. The molecule has 1 aliphatic heterocycles. The molecular weight excluding hydrogens is 549 g/mol. The number of morpholine rings is 1. The maximum Gasteiger partial charge on any atom is 0.432 e. The number of fused-ring (bicyclic) bond motifs is 1. The average Bonchev–Trinajstić information content (AvgIpc) is 3.49. The van der Waals surface area contributed by atoms with Gasteiger partial charge in [-0.05, 0) is 57.5 Å². The summed E-state index contributed by atoms with van der Waals surface area (Å²) in [5.74, 6) is -2.37. The van der Waals surface area contributed by atoms with Gasteiger partial charge in [-0.15, -0.1) is 0 Å². The predicted molar refractivity (Wildman–Crippen MR) is 139 cm³/mol. The van der Waals surface area contributed by atoms with Crippen LogP contribution >= 0.6 is 0 Å². The Hall–Kier alpha value is -4.00. The van der Waals surface area contributed by atoms with Crippen LogP contribution in [0.1, 0.15) is 37.7 Å². The highest BCUT2D eigenvalue weighted by Gasteiger charge is 2.34. The molecule has 13 heteroatoms. The van der Waals surface area contributed by atoms with Crippen LogP contribution in [0.25, 0.3) is 28.3 Å². The summed E-state index contributed by atoms with van der Waals surface area (Å²) in [4.78, 5) is 24.4. The smallest absolute Gasteiger partial charge is 0.432 e. The number of alkyl halides is 3. The fourth-order valence-electron chi connectivity index (χ4n) is 4.69. The quantitative estimate of drug-likeness (QED) is 0.293. The van der Waals surface area contributed by atoms with Gasteiger partial charge >= 0.3 is 12.3 Å². The van der Waals surface area contributed by atoms with Gasteiger partial charge in [0.15, 0.2) is 0 Å². The normalized spacial score (nSPS) is 16.4. The predicted octanol–water partition coefficient (Wildman–Crippen LogP) is 6.18. The number of nitrogens with zero attached hydrogens (tertiary/aromatic N) is 4. The van der Waals surface area contributed by atoms with Crippen LogP contribution in [-0.4, -0.2) is 61.7 Å². The molecule has 1 aliphatic rings. The third-order valence-corrected chi connectivity index (χ3v) is 6.53. The minimum absolute atomic E-state index is 0.0190. The third-order valence-electron chi connectivity index (χ3n) is 6.53. The zero-order valence-electron chi connectivity index (χ0n) is 22.8. The van der Waals surface area contributed by atoms with E-state index in [1.165, 1.54) is 4.90 Å². The Morgan fingerprint density at radius 2 is 1.88 bits per heavy atom. The fraction of sp³-hybridized carbons (Fsp3) is 0.393. The van der Waals surface area contributed by atoms with Crippen LogP contribution in [0.5, 0.6) is 0 Å². The molecule has 5 rings (SSSR count). The summed E-state index contributed by atoms with van der Waals surface area (Å²) >= 11 is 0. The van der Waals surface area contributed by atoms with Crippen molar-refractivity contribution in [3.8, 4) is 22.6 Å². The Bertz CT molecular complexity index is 1580. The van der Waals surface area contributed by atoms with Crippen LogP contribution in [0.3, 0.4) is 0 Å². The molecule has 1 aromatic carbocycles. The Labute approximate surface area is 232 Å². The summed E-state index contributed by atoms with van der Waals surface area (Å²) < 4.78 is 83.2. The van der Waals surface area contributed by atoms with E-state index in [1.54, 1.807) is 37.4 Å². The number of aryl methyl sites for hydroxylation is 1. The molecule has 0 saturated carbocycles. The molecule has 1 saturated heterocycles. The lowest BCUT2D eigenvalue weighted by Gasteiger charge is -2.34. The Kier molecular flexibility index (Phi) is 7.26. The molecule has 0 radical (unpaired) electrons. The summed E-state index contributed by atoms with van der Waals surface area (Å²) in [5, 5.41) is 0. The summed E-state index contributed by atoms with van der Waals surface area (Å²) in [5.41, 5.74) is -0.661. The van der Waals surface area contributed by atoms with E-state index < -0.39 is 46.9 Å². The molecule has 0 aliphatic carbocycles. The van der Waals surface area contributed by atoms with Crippen molar-refractivity contribution in [1.82, 2.24) is 24.3 Å². The van der Waals surface area contributed by atoms with Crippen LogP contribution in [0, 0.1) is 18.6 Å². The Morgan fingerprint density at radius 3 is 2.51 bits per heavy atom. The maximum atomic E-state index is 15.6. The zero-order chi connectivity index (χ0) is 29.7. The highest BCUT2D eigenvalue weighted by molar-refractivity contribution is 5.72. The van der Waals surface area contributed by atoms with Crippen LogP contribution in [0.15, 0.2) is 36.7 Å². The molecule has 41 heavy (non-hydrogen) atoms. The topological polar surface area (TPSA) is 84.8 Å². The van der Waals surface area contributed by atoms with Crippen molar-refractivity contribution in [2.24, 2.45) is 0 Å². The van der Waals surface area contributed by atoms with Gasteiger partial charge in [0.05, 0.1) is 42.4 Å². The summed E-state index contributed by atoms with van der Waals surface area (Å²) in [6.45, 7) is 7.93. The van der Waals surface area contributed by atoms with Gasteiger partial charge < -0.3 is 23.8 Å². The lowest BCUT2D eigenvalue weighted by atomic mass is 10.0. The number of aromatic nitrogens is 4. The fourth-order valence-corrected chi connectivity index (χ4v) is 4.69. The molecule has 8 nitrogen and oxygen atoms in total. The summed E-state index contributed by atoms with van der Waals surface area (Å²) in [6.07, 6.45) is -3.24. The van der Waals surface area contributed by atoms with E-state index in [1.807, 2.05) is 13.0 Å². The van der Waals surface area contributed by atoms with Crippen molar-refractivity contribution in [1.29, 1.82) is 0 Å². The van der Waals surface area contributed by atoms with Crippen molar-refractivity contribution in [2.75, 3.05) is 19.7 Å². The van der Waals surface area contributed by atoms with Crippen molar-refractivity contribution >= 4 is 11.7 Å². The van der Waals surface area contributed by atoms with E-state index in [-0.39, 0.29) is 36.7 Å². The van der Waals surface area contributed by atoms with Gasteiger partial charge in [0.25, 0.3) is 0 Å². The number of rotatable bonds is 4. The van der Waals surface area contributed by atoms with E-state index in [0.717, 1.165) is 17.7 Å². The zero-order valence-corrected chi connectivity index (χ0v) is 22.8. The number of hydrogen-bond acceptors (Lipinski definition) is 5. The molecule has 1 atom stereocenters. The van der Waals surface area contributed by atoms with Crippen LogP contribution in [0.4, 0.5) is 26.7 Å². The number of carbonyl (C=O) groups excluding carboxylic acids is 1. The molecule has 4 aromatic rings. The number of aromatic amines is 1. The minimum Gasteiger partial charge on any atom is -0.444 e. The first kappa shape index (κ1) is 28.5. The highest BCUT2D eigenvalue weighted by atomic mass is 19.4. The average molecular weight is 578 g/mol. The monoisotopic (exact) mass is 577 g/mol. The Balaban J connectivity index is 1.51. The first-order chi connectivity index (χ1) is 19.2. The largest absolute Gasteiger partial charge is 0.444 e. The van der Waals surface area contributed by atoms with Gasteiger partial charge in [0, 0.05) is 24.7 Å². The lowest BCUT2D eigenvalue weighted by molar-refractivity contribution is -0.140. The molecule has 218 valence electrons. The number of ether oxygens (including phenoxy) is 2. The molecule has 4 heterocycles. The van der Waals surface area contributed by atoms with E-state index in [9.17, 15) is 18.0 Å². The Morgan fingerprint density at radius 1 is 1.17 bits per heavy atom. The first-order valence-electron chi connectivity index (χ1n) is 12.9. The molecule has 1 N–H and O–H groups in total. The standard InChI is InChI=1S/C28H28F5N5O3/c1-15-5-6-38-20(12-17-14-37(7-8-40-17)26(39)41-27(2,3)4)24(36-22(38)9-15)23-18(29)10-16(11-19(23)30)25-34-13-21(35-25)28(31,32)33/h5-6,9-11,13,17H,7-8,12,14H2,1-4H3,(H,34,35). The molecule has 1 fully saturated rings. The molecular formula is C28H28F5N5O3. The number of pyridine rings is 1. The number of carbonyl (C=O) groups is 1. The van der Waals surface area contributed by atoms with E-state index in [0.29, 0.717) is 24.1 Å². The van der Waals surface area contributed by atoms with Crippen molar-refractivity contribution < 1.29 is 36.2 Å². The number of benzene rings is 1. The van der Waals surface area contributed by atoms with Crippen molar-refractivity contribution in [3.63, 3.8) is 0 Å². The molecule has 1 amide bonds. The van der Waals surface area contributed by atoms with Gasteiger partial charge in [-0.3, -0.25) is 0 Å². The number of H-pyrrole nitrogens is 1.